The first kappa shape index (κ1) is 28.1. The number of benzene rings is 2. The van der Waals surface area contributed by atoms with Crippen molar-refractivity contribution >= 4 is 56.7 Å². The van der Waals surface area contributed by atoms with Crippen LogP contribution in [0.15, 0.2) is 48.5 Å². The minimum atomic E-state index is -4.55. The molecule has 2 unspecified atom stereocenters. The number of carbonyl (C=O) groups is 2. The predicted octanol–water partition coefficient (Wildman–Crippen LogP) is 7.07. The molecule has 2 amide bonds. The van der Waals surface area contributed by atoms with Gasteiger partial charge in [-0.05, 0) is 74.4 Å². The molecule has 3 aromatic rings. The van der Waals surface area contributed by atoms with E-state index in [1.165, 1.54) is 6.92 Å². The van der Waals surface area contributed by atoms with Crippen molar-refractivity contribution < 1.29 is 22.8 Å². The van der Waals surface area contributed by atoms with Gasteiger partial charge in [-0.15, -0.1) is 0 Å². The average molecular weight is 638 g/mol. The number of anilines is 2. The van der Waals surface area contributed by atoms with Crippen LogP contribution in [-0.2, 0) is 11.0 Å². The summed E-state index contributed by atoms with van der Waals surface area (Å²) in [7, 11) is 0. The molecule has 202 valence electrons. The molecule has 1 aliphatic carbocycles. The van der Waals surface area contributed by atoms with E-state index in [1.54, 1.807) is 36.4 Å². The second-order valence-electron chi connectivity index (χ2n) is 10.4. The third-order valence-corrected chi connectivity index (χ3v) is 7.99. The molecule has 2 aromatic carbocycles. The Labute approximate surface area is 233 Å². The third-order valence-electron chi connectivity index (χ3n) is 6.80. The number of carbonyl (C=O) groups excluding carboxylic acids is 2. The van der Waals surface area contributed by atoms with Gasteiger partial charge in [-0.25, -0.2) is 4.98 Å². The number of halogens is 4. The summed E-state index contributed by atoms with van der Waals surface area (Å²) in [5.41, 5.74) is 1.40. The van der Waals surface area contributed by atoms with Crippen molar-refractivity contribution in [3.63, 3.8) is 0 Å². The summed E-state index contributed by atoms with van der Waals surface area (Å²) in [6.07, 6.45) is -1.41. The van der Waals surface area contributed by atoms with Crippen molar-refractivity contribution in [2.24, 2.45) is 5.41 Å². The van der Waals surface area contributed by atoms with Crippen LogP contribution in [0.25, 0.3) is 10.9 Å². The summed E-state index contributed by atoms with van der Waals surface area (Å²) in [6.45, 7) is 5.83. The Kier molecular flexibility index (Phi) is 7.92. The molecule has 0 bridgehead atoms. The van der Waals surface area contributed by atoms with Crippen LogP contribution in [0, 0.1) is 12.3 Å². The minimum Gasteiger partial charge on any atom is -0.384 e. The van der Waals surface area contributed by atoms with Gasteiger partial charge in [-0.1, -0.05) is 47.2 Å². The van der Waals surface area contributed by atoms with Crippen LogP contribution >= 0.6 is 22.6 Å². The van der Waals surface area contributed by atoms with Crippen LogP contribution in [0.5, 0.6) is 0 Å². The first-order valence-corrected chi connectivity index (χ1v) is 13.4. The molecular formula is C28H30F3IN4O2. The van der Waals surface area contributed by atoms with Crippen molar-refractivity contribution in [3.8, 4) is 0 Å². The first-order chi connectivity index (χ1) is 17.8. The molecule has 0 saturated heterocycles. The van der Waals surface area contributed by atoms with Crippen LogP contribution in [0.1, 0.15) is 61.1 Å². The highest BCUT2D eigenvalue weighted by Gasteiger charge is 2.42. The lowest BCUT2D eigenvalue weighted by Gasteiger charge is -2.44. The smallest absolute Gasteiger partial charge is 0.384 e. The summed E-state index contributed by atoms with van der Waals surface area (Å²) in [6, 6.07) is 13.0. The molecule has 1 aromatic heterocycles. The number of pyridine rings is 1. The molecule has 38 heavy (non-hydrogen) atoms. The van der Waals surface area contributed by atoms with E-state index in [9.17, 15) is 22.8 Å². The Morgan fingerprint density at radius 1 is 1.11 bits per heavy atom. The average Bonchev–Trinajstić information content (AvgIpc) is 2.81. The topological polar surface area (TPSA) is 83.1 Å². The molecule has 4 rings (SSSR count). The predicted molar refractivity (Wildman–Crippen MR) is 152 cm³/mol. The Morgan fingerprint density at radius 3 is 2.58 bits per heavy atom. The second-order valence-corrected chi connectivity index (χ2v) is 12.5. The Hall–Kier alpha value is -2.89. The minimum absolute atomic E-state index is 0.219. The number of rotatable bonds is 6. The van der Waals surface area contributed by atoms with Gasteiger partial charge in [0.2, 0.25) is 5.91 Å². The van der Waals surface area contributed by atoms with Gasteiger partial charge < -0.3 is 16.0 Å². The Bertz CT molecular complexity index is 1380. The standard InChI is InChI=1S/C28H30F3IN4O2/c1-17-8-9-22-21(12-17)23(14-24(35-22)28(29,30)31)33-16-26(3)10-5-11-27(32,15-26)36-25(38)19-6-4-7-20(13-19)34-18(2)37/h4,6-9,12-14H,5,10-11,15-16H2,1-3H3,(H,33,35)(H,34,37)(H,36,38). The summed E-state index contributed by atoms with van der Waals surface area (Å²) >= 11 is 2.29. The van der Waals surface area contributed by atoms with Crippen molar-refractivity contribution in [1.82, 2.24) is 10.3 Å². The maximum atomic E-state index is 13.5. The monoisotopic (exact) mass is 638 g/mol. The lowest BCUT2D eigenvalue weighted by molar-refractivity contribution is -0.140. The lowest BCUT2D eigenvalue weighted by atomic mass is 9.73. The number of aromatic nitrogens is 1. The van der Waals surface area contributed by atoms with Crippen LogP contribution in [0.4, 0.5) is 24.5 Å². The van der Waals surface area contributed by atoms with E-state index in [1.807, 2.05) is 13.0 Å². The highest BCUT2D eigenvalue weighted by Crippen LogP contribution is 2.45. The van der Waals surface area contributed by atoms with Crippen molar-refractivity contribution in [2.45, 2.75) is 56.2 Å². The van der Waals surface area contributed by atoms with Crippen molar-refractivity contribution in [1.29, 1.82) is 0 Å². The summed E-state index contributed by atoms with van der Waals surface area (Å²) in [5.74, 6) is -0.461. The maximum absolute atomic E-state index is 13.5. The summed E-state index contributed by atoms with van der Waals surface area (Å²) < 4.78 is 40.1. The molecule has 1 fully saturated rings. The number of fused-ring (bicyclic) bond motifs is 1. The van der Waals surface area contributed by atoms with Crippen LogP contribution < -0.4 is 16.0 Å². The van der Waals surface area contributed by atoms with E-state index < -0.39 is 15.4 Å². The van der Waals surface area contributed by atoms with Crippen LogP contribution in [0.2, 0.25) is 0 Å². The number of hydrogen-bond donors (Lipinski definition) is 3. The Morgan fingerprint density at radius 2 is 1.87 bits per heavy atom. The third kappa shape index (κ3) is 6.75. The highest BCUT2D eigenvalue weighted by atomic mass is 127. The van der Waals surface area contributed by atoms with Crippen molar-refractivity contribution in [2.75, 3.05) is 17.2 Å². The van der Waals surface area contributed by atoms with Gasteiger partial charge in [-0.2, -0.15) is 13.2 Å². The zero-order valence-corrected chi connectivity index (χ0v) is 23.6. The first-order valence-electron chi connectivity index (χ1n) is 12.4. The van der Waals surface area contributed by atoms with E-state index in [2.05, 4.69) is 50.4 Å². The fraction of sp³-hybridized carbons (Fsp3) is 0.393. The van der Waals surface area contributed by atoms with E-state index >= 15 is 0 Å². The van der Waals surface area contributed by atoms with Crippen LogP contribution in [-0.4, -0.2) is 26.9 Å². The van der Waals surface area contributed by atoms with Gasteiger partial charge in [0, 0.05) is 35.8 Å². The zero-order chi connectivity index (χ0) is 27.7. The molecule has 2 atom stereocenters. The second kappa shape index (κ2) is 10.7. The highest BCUT2D eigenvalue weighted by molar-refractivity contribution is 14.1. The van der Waals surface area contributed by atoms with Gasteiger partial charge in [0.05, 0.1) is 9.06 Å². The fourth-order valence-corrected chi connectivity index (χ4v) is 6.61. The number of nitrogens with one attached hydrogen (secondary N) is 3. The molecule has 1 aliphatic rings. The number of hydrogen-bond acceptors (Lipinski definition) is 4. The van der Waals surface area contributed by atoms with Gasteiger partial charge in [0.15, 0.2) is 0 Å². The fourth-order valence-electron chi connectivity index (χ4n) is 5.06. The number of amides is 2. The molecule has 0 spiro atoms. The maximum Gasteiger partial charge on any atom is 0.433 e. The quantitative estimate of drug-likeness (QED) is 0.153. The Balaban J connectivity index is 1.51. The molecule has 0 radical (unpaired) electrons. The zero-order valence-electron chi connectivity index (χ0n) is 21.4. The van der Waals surface area contributed by atoms with Gasteiger partial charge in [0.25, 0.3) is 5.91 Å². The summed E-state index contributed by atoms with van der Waals surface area (Å²) in [5, 5.41) is 9.78. The van der Waals surface area contributed by atoms with Crippen LogP contribution in [0.3, 0.4) is 0 Å². The largest absolute Gasteiger partial charge is 0.433 e. The van der Waals surface area contributed by atoms with E-state index in [-0.39, 0.29) is 17.2 Å². The normalized spacial score (nSPS) is 21.7. The van der Waals surface area contributed by atoms with E-state index in [0.29, 0.717) is 40.8 Å². The van der Waals surface area contributed by atoms with E-state index in [0.717, 1.165) is 30.9 Å². The molecule has 6 nitrogen and oxygen atoms in total. The number of alkyl halides is 4. The number of nitrogens with zero attached hydrogens (tertiary/aromatic N) is 1. The molecule has 1 heterocycles. The molecule has 1 saturated carbocycles. The molecule has 10 heteroatoms. The van der Waals surface area contributed by atoms with E-state index in [4.69, 9.17) is 0 Å². The lowest BCUT2D eigenvalue weighted by Crippen LogP contribution is -2.50. The number of aryl methyl sites for hydroxylation is 1. The van der Waals surface area contributed by atoms with Crippen molar-refractivity contribution in [3.05, 3.63) is 65.4 Å². The van der Waals surface area contributed by atoms with Gasteiger partial charge in [-0.3, -0.25) is 9.59 Å². The van der Waals surface area contributed by atoms with Gasteiger partial charge in [0.1, 0.15) is 5.69 Å². The SMILES string of the molecule is CC(=O)Nc1cccc(C(=O)NC2(I)CCCC(C)(CNc3cc(C(F)(F)F)nc4ccc(C)cc34)C2)c1. The molecular weight excluding hydrogens is 608 g/mol. The van der Waals surface area contributed by atoms with Gasteiger partial charge >= 0.3 is 6.18 Å². The molecule has 0 aliphatic heterocycles. The molecule has 3 N–H and O–H groups in total. The summed E-state index contributed by atoms with van der Waals surface area (Å²) in [4.78, 5) is 28.3.